The fraction of sp³-hybridized carbons (Fsp3) is 0.533. The first-order chi connectivity index (χ1) is 9.60. The minimum atomic E-state index is -0.373. The van der Waals surface area contributed by atoms with E-state index in [1.807, 2.05) is 19.1 Å². The summed E-state index contributed by atoms with van der Waals surface area (Å²) in [6.45, 7) is 3.86. The highest BCUT2D eigenvalue weighted by Crippen LogP contribution is 2.22. The molecule has 1 saturated heterocycles. The Kier molecular flexibility index (Phi) is 7.49. The molecule has 1 fully saturated rings. The van der Waals surface area contributed by atoms with Crippen molar-refractivity contribution in [1.29, 1.82) is 0 Å². The van der Waals surface area contributed by atoms with Gasteiger partial charge in [-0.3, -0.25) is 4.79 Å². The Labute approximate surface area is 141 Å². The number of hydrogen-bond acceptors (Lipinski definition) is 3. The lowest BCUT2D eigenvalue weighted by molar-refractivity contribution is -0.123. The first kappa shape index (κ1) is 18.3. The van der Waals surface area contributed by atoms with Crippen LogP contribution < -0.4 is 16.0 Å². The molecule has 0 aliphatic carbocycles. The minimum absolute atomic E-state index is 0. The lowest BCUT2D eigenvalue weighted by atomic mass is 10.1. The van der Waals surface area contributed by atoms with Gasteiger partial charge in [0, 0.05) is 29.3 Å². The van der Waals surface area contributed by atoms with Crippen LogP contribution in [-0.2, 0) is 4.79 Å². The van der Waals surface area contributed by atoms with Crippen molar-refractivity contribution in [3.05, 3.63) is 28.7 Å². The van der Waals surface area contributed by atoms with Gasteiger partial charge >= 0.3 is 0 Å². The molecule has 0 bridgehead atoms. The molecule has 4 nitrogen and oxygen atoms in total. The van der Waals surface area contributed by atoms with Gasteiger partial charge in [-0.2, -0.15) is 0 Å². The zero-order valence-corrected chi connectivity index (χ0v) is 14.6. The molecule has 6 heteroatoms. The van der Waals surface area contributed by atoms with Crippen LogP contribution in [0.15, 0.2) is 28.7 Å². The summed E-state index contributed by atoms with van der Waals surface area (Å²) in [6, 6.07) is 8.10. The number of nitrogens with zero attached hydrogens (tertiary/aromatic N) is 1. The normalized spacial score (nSPS) is 19.0. The van der Waals surface area contributed by atoms with Crippen molar-refractivity contribution >= 4 is 39.9 Å². The molecule has 0 radical (unpaired) electrons. The van der Waals surface area contributed by atoms with E-state index in [4.69, 9.17) is 5.73 Å². The molecule has 0 spiro atoms. The Bertz CT molecular complexity index is 455. The summed E-state index contributed by atoms with van der Waals surface area (Å²) in [5.74, 6) is -0.0190. The number of hydrogen-bond donors (Lipinski definition) is 2. The molecule has 2 atom stereocenters. The molecule has 2 rings (SSSR count). The summed E-state index contributed by atoms with van der Waals surface area (Å²) in [7, 11) is 0. The molecule has 1 heterocycles. The first-order valence-corrected chi connectivity index (χ1v) is 7.96. The summed E-state index contributed by atoms with van der Waals surface area (Å²) in [6.07, 6.45) is 2.65. The Morgan fingerprint density at radius 3 is 2.76 bits per heavy atom. The molecule has 0 saturated carbocycles. The average molecular weight is 377 g/mol. The number of halogens is 2. The number of rotatable bonds is 5. The number of carbonyl (C=O) groups is 1. The van der Waals surface area contributed by atoms with Crippen molar-refractivity contribution < 1.29 is 4.79 Å². The van der Waals surface area contributed by atoms with Crippen LogP contribution >= 0.6 is 28.3 Å². The quantitative estimate of drug-likeness (QED) is 0.830. The maximum atomic E-state index is 11.9. The highest BCUT2D eigenvalue weighted by molar-refractivity contribution is 9.10. The molecule has 0 aromatic heterocycles. The molecule has 1 aromatic rings. The van der Waals surface area contributed by atoms with Gasteiger partial charge in [0.15, 0.2) is 0 Å². The third kappa shape index (κ3) is 5.16. The molecule has 21 heavy (non-hydrogen) atoms. The molecule has 118 valence electrons. The molecular formula is C15H23BrClN3O. The van der Waals surface area contributed by atoms with Crippen LogP contribution in [0.3, 0.4) is 0 Å². The van der Waals surface area contributed by atoms with E-state index < -0.39 is 0 Å². The zero-order chi connectivity index (χ0) is 14.5. The third-order valence-corrected chi connectivity index (χ3v) is 4.19. The predicted octanol–water partition coefficient (Wildman–Crippen LogP) is 2.69. The van der Waals surface area contributed by atoms with Gasteiger partial charge in [-0.05, 0) is 37.1 Å². The van der Waals surface area contributed by atoms with Crippen molar-refractivity contribution in [2.24, 2.45) is 5.73 Å². The Morgan fingerprint density at radius 2 is 2.14 bits per heavy atom. The van der Waals surface area contributed by atoms with Crippen molar-refractivity contribution in [2.45, 2.75) is 38.3 Å². The van der Waals surface area contributed by atoms with E-state index in [9.17, 15) is 4.79 Å². The monoisotopic (exact) mass is 375 g/mol. The predicted molar refractivity (Wildman–Crippen MR) is 93.0 cm³/mol. The second-order valence-corrected chi connectivity index (χ2v) is 6.23. The maximum Gasteiger partial charge on any atom is 0.237 e. The SMILES string of the molecule is CCCC(N)C(=O)NC1CCN(c2ccc(Br)cc2)C1.Cl. The van der Waals surface area contributed by atoms with E-state index in [2.05, 4.69) is 38.3 Å². The fourth-order valence-corrected chi connectivity index (χ4v) is 2.78. The van der Waals surface area contributed by atoms with Crippen LogP contribution in [0.1, 0.15) is 26.2 Å². The molecule has 1 aliphatic heterocycles. The van der Waals surface area contributed by atoms with Crippen LogP contribution in [0, 0.1) is 0 Å². The Hall–Kier alpha value is -0.780. The van der Waals surface area contributed by atoms with Crippen LogP contribution in [0.25, 0.3) is 0 Å². The summed E-state index contributed by atoms with van der Waals surface area (Å²) in [5.41, 5.74) is 7.03. The summed E-state index contributed by atoms with van der Waals surface area (Å²) < 4.78 is 1.08. The third-order valence-electron chi connectivity index (χ3n) is 3.66. The average Bonchev–Trinajstić information content (AvgIpc) is 2.88. The van der Waals surface area contributed by atoms with E-state index >= 15 is 0 Å². The van der Waals surface area contributed by atoms with Crippen molar-refractivity contribution in [3.8, 4) is 0 Å². The summed E-state index contributed by atoms with van der Waals surface area (Å²) in [4.78, 5) is 14.2. The van der Waals surface area contributed by atoms with Gasteiger partial charge in [0.2, 0.25) is 5.91 Å². The largest absolute Gasteiger partial charge is 0.369 e. The number of benzene rings is 1. The van der Waals surface area contributed by atoms with Crippen molar-refractivity contribution in [2.75, 3.05) is 18.0 Å². The van der Waals surface area contributed by atoms with Crippen LogP contribution in [0.2, 0.25) is 0 Å². The van der Waals surface area contributed by atoms with Gasteiger partial charge in [-0.25, -0.2) is 0 Å². The van der Waals surface area contributed by atoms with E-state index in [0.717, 1.165) is 36.8 Å². The molecule has 1 aromatic carbocycles. The van der Waals surface area contributed by atoms with Crippen molar-refractivity contribution in [3.63, 3.8) is 0 Å². The van der Waals surface area contributed by atoms with Crippen molar-refractivity contribution in [1.82, 2.24) is 5.32 Å². The van der Waals surface area contributed by atoms with Gasteiger partial charge in [-0.15, -0.1) is 12.4 Å². The molecular weight excluding hydrogens is 354 g/mol. The van der Waals surface area contributed by atoms with E-state index in [1.165, 1.54) is 5.69 Å². The second-order valence-electron chi connectivity index (χ2n) is 5.31. The highest BCUT2D eigenvalue weighted by Gasteiger charge is 2.25. The van der Waals surface area contributed by atoms with E-state index in [1.54, 1.807) is 0 Å². The Balaban J connectivity index is 0.00000220. The highest BCUT2D eigenvalue weighted by atomic mass is 79.9. The minimum Gasteiger partial charge on any atom is -0.369 e. The number of carbonyl (C=O) groups excluding carboxylic acids is 1. The topological polar surface area (TPSA) is 58.4 Å². The van der Waals surface area contributed by atoms with Crippen LogP contribution in [0.4, 0.5) is 5.69 Å². The van der Waals surface area contributed by atoms with Gasteiger partial charge in [0.25, 0.3) is 0 Å². The van der Waals surface area contributed by atoms with E-state index in [-0.39, 0.29) is 30.4 Å². The summed E-state index contributed by atoms with van der Waals surface area (Å²) >= 11 is 3.44. The molecule has 1 amide bonds. The number of anilines is 1. The first-order valence-electron chi connectivity index (χ1n) is 7.16. The van der Waals surface area contributed by atoms with Gasteiger partial charge < -0.3 is 16.0 Å². The number of nitrogens with two attached hydrogens (primary N) is 1. The maximum absolute atomic E-state index is 11.9. The van der Waals surface area contributed by atoms with Crippen LogP contribution in [-0.4, -0.2) is 31.1 Å². The lowest BCUT2D eigenvalue weighted by Gasteiger charge is -2.20. The van der Waals surface area contributed by atoms with E-state index in [0.29, 0.717) is 0 Å². The van der Waals surface area contributed by atoms with Gasteiger partial charge in [0.1, 0.15) is 0 Å². The smallest absolute Gasteiger partial charge is 0.237 e. The molecule has 2 unspecified atom stereocenters. The second kappa shape index (κ2) is 8.61. The van der Waals surface area contributed by atoms with Gasteiger partial charge in [-0.1, -0.05) is 29.3 Å². The Morgan fingerprint density at radius 1 is 1.48 bits per heavy atom. The number of amides is 1. The lowest BCUT2D eigenvalue weighted by Crippen LogP contribution is -2.46. The zero-order valence-electron chi connectivity index (χ0n) is 12.2. The summed E-state index contributed by atoms with van der Waals surface area (Å²) in [5, 5.41) is 3.06. The number of nitrogens with one attached hydrogen (secondary N) is 1. The van der Waals surface area contributed by atoms with Gasteiger partial charge in [0.05, 0.1) is 6.04 Å². The molecule has 3 N–H and O–H groups in total. The molecule has 1 aliphatic rings. The fourth-order valence-electron chi connectivity index (χ4n) is 2.51. The van der Waals surface area contributed by atoms with Crippen LogP contribution in [0.5, 0.6) is 0 Å². The standard InChI is InChI=1S/C15H22BrN3O.ClH/c1-2-3-14(17)15(20)18-12-8-9-19(10-12)13-6-4-11(16)5-7-13;/h4-7,12,14H,2-3,8-10,17H2,1H3,(H,18,20);1H.